The van der Waals surface area contributed by atoms with Gasteiger partial charge in [0.1, 0.15) is 11.3 Å². The third-order valence-corrected chi connectivity index (χ3v) is 9.85. The highest BCUT2D eigenvalue weighted by molar-refractivity contribution is 5.98. The van der Waals surface area contributed by atoms with Crippen molar-refractivity contribution in [1.29, 1.82) is 0 Å². The van der Waals surface area contributed by atoms with Crippen molar-refractivity contribution in [2.24, 2.45) is 5.92 Å². The zero-order valence-corrected chi connectivity index (χ0v) is 21.7. The lowest BCUT2D eigenvalue weighted by Crippen LogP contribution is -2.73. The Morgan fingerprint density at radius 1 is 1.24 bits per heavy atom. The molecule has 200 valence electrons. The summed E-state index contributed by atoms with van der Waals surface area (Å²) in [5.74, 6) is -0.509. The van der Waals surface area contributed by atoms with Gasteiger partial charge in [-0.2, -0.15) is 0 Å². The van der Waals surface area contributed by atoms with E-state index in [1.807, 2.05) is 6.07 Å². The van der Waals surface area contributed by atoms with E-state index >= 15 is 0 Å². The highest BCUT2D eigenvalue weighted by Crippen LogP contribution is 2.63. The van der Waals surface area contributed by atoms with E-state index in [0.29, 0.717) is 31.6 Å². The van der Waals surface area contributed by atoms with Crippen LogP contribution in [0.3, 0.4) is 0 Å². The quantitative estimate of drug-likeness (QED) is 0.260. The van der Waals surface area contributed by atoms with Crippen molar-refractivity contribution in [3.05, 3.63) is 34.6 Å². The molecule has 1 aromatic carbocycles. The number of nitrogens with zero attached hydrogens (tertiary/aromatic N) is 1. The van der Waals surface area contributed by atoms with Gasteiger partial charge in [-0.15, -0.1) is 0 Å². The van der Waals surface area contributed by atoms with Crippen LogP contribution in [-0.4, -0.2) is 75.6 Å². The number of piperidine rings is 1. The van der Waals surface area contributed by atoms with Crippen molar-refractivity contribution in [1.82, 2.24) is 10.2 Å². The van der Waals surface area contributed by atoms with Gasteiger partial charge >= 0.3 is 5.97 Å². The molecule has 2 heterocycles. The van der Waals surface area contributed by atoms with E-state index < -0.39 is 34.5 Å². The predicted octanol–water partition coefficient (Wildman–Crippen LogP) is 2.23. The highest BCUT2D eigenvalue weighted by Gasteiger charge is 2.69. The summed E-state index contributed by atoms with van der Waals surface area (Å²) in [6, 6.07) is 3.30. The molecular weight excluding hydrogens is 476 g/mol. The molecule has 1 saturated heterocycles. The molecule has 4 atom stereocenters. The summed E-state index contributed by atoms with van der Waals surface area (Å²) in [6.45, 7) is 4.95. The summed E-state index contributed by atoms with van der Waals surface area (Å²) in [7, 11) is 1.29. The van der Waals surface area contributed by atoms with Gasteiger partial charge in [0.05, 0.1) is 23.7 Å². The second-order valence-corrected chi connectivity index (χ2v) is 11.9. The first-order chi connectivity index (χ1) is 17.6. The second kappa shape index (κ2) is 8.11. The molecule has 2 aliphatic heterocycles. The lowest BCUT2D eigenvalue weighted by Gasteiger charge is -2.59. The van der Waals surface area contributed by atoms with Crippen LogP contribution in [-0.2, 0) is 26.2 Å². The highest BCUT2D eigenvalue weighted by atomic mass is 16.5. The van der Waals surface area contributed by atoms with E-state index in [-0.39, 0.29) is 28.9 Å². The molecular formula is C28H36N2O7. The van der Waals surface area contributed by atoms with Crippen molar-refractivity contribution >= 4 is 11.9 Å². The average Bonchev–Trinajstić information content (AvgIpc) is 3.58. The smallest absolute Gasteiger partial charge is 0.331 e. The molecule has 2 saturated carbocycles. The molecule has 3 aliphatic carbocycles. The minimum absolute atomic E-state index is 0.0155. The molecule has 0 radical (unpaired) electrons. The minimum atomic E-state index is -1.29. The van der Waals surface area contributed by atoms with Crippen molar-refractivity contribution in [3.8, 4) is 11.5 Å². The Hall–Kier alpha value is -2.78. The maximum Gasteiger partial charge on any atom is 0.331 e. The topological polar surface area (TPSA) is 129 Å². The number of esters is 1. The van der Waals surface area contributed by atoms with Crippen LogP contribution in [0.25, 0.3) is 0 Å². The largest absolute Gasteiger partial charge is 0.508 e. The Bertz CT molecular complexity index is 1200. The van der Waals surface area contributed by atoms with Crippen LogP contribution >= 0.6 is 0 Å². The van der Waals surface area contributed by atoms with Gasteiger partial charge in [-0.05, 0) is 82.9 Å². The molecule has 9 nitrogen and oxygen atoms in total. The number of aromatic hydroxyl groups is 1. The zero-order chi connectivity index (χ0) is 26.3. The SMILES string of the molecule is COC(=O)C1(NC(=O)/C(C)=C(\O)[C@@H]2Oc3c(O)ccc4c3[C@@]23CCN(CC2CC2)[C@H](C4)[C@@]3(C)O)CCC1. The first kappa shape index (κ1) is 24.6. The number of amides is 1. The summed E-state index contributed by atoms with van der Waals surface area (Å²) >= 11 is 0. The number of aliphatic hydroxyl groups excluding tert-OH is 1. The summed E-state index contributed by atoms with van der Waals surface area (Å²) < 4.78 is 11.2. The van der Waals surface area contributed by atoms with Gasteiger partial charge in [-0.3, -0.25) is 9.69 Å². The Kier molecular flexibility index (Phi) is 5.38. The van der Waals surface area contributed by atoms with E-state index in [4.69, 9.17) is 9.47 Å². The van der Waals surface area contributed by atoms with Gasteiger partial charge < -0.3 is 30.1 Å². The van der Waals surface area contributed by atoms with Crippen LogP contribution in [0.15, 0.2) is 23.5 Å². The third kappa shape index (κ3) is 3.29. The number of nitrogens with one attached hydrogen (secondary N) is 1. The Morgan fingerprint density at radius 3 is 2.59 bits per heavy atom. The van der Waals surface area contributed by atoms with Crippen LogP contribution in [0.5, 0.6) is 11.5 Å². The van der Waals surface area contributed by atoms with E-state index in [0.717, 1.165) is 30.6 Å². The Balaban J connectivity index is 1.40. The summed E-state index contributed by atoms with van der Waals surface area (Å²) in [5.41, 5.74) is -1.69. The molecule has 2 bridgehead atoms. The molecule has 5 aliphatic rings. The summed E-state index contributed by atoms with van der Waals surface area (Å²) in [4.78, 5) is 28.0. The lowest BCUT2D eigenvalue weighted by atomic mass is 9.53. The van der Waals surface area contributed by atoms with E-state index in [9.17, 15) is 24.9 Å². The first-order valence-corrected chi connectivity index (χ1v) is 13.3. The van der Waals surface area contributed by atoms with Crippen LogP contribution < -0.4 is 10.1 Å². The van der Waals surface area contributed by atoms with Gasteiger partial charge in [-0.25, -0.2) is 4.79 Å². The third-order valence-electron chi connectivity index (χ3n) is 9.85. The van der Waals surface area contributed by atoms with Gasteiger partial charge in [-0.1, -0.05) is 6.07 Å². The average molecular weight is 513 g/mol. The molecule has 1 amide bonds. The molecule has 0 unspecified atom stereocenters. The fourth-order valence-electron chi connectivity index (χ4n) is 7.30. The molecule has 1 spiro atoms. The number of hydrogen-bond donors (Lipinski definition) is 4. The van der Waals surface area contributed by atoms with Crippen molar-refractivity contribution < 1.29 is 34.4 Å². The number of phenolic OH excluding ortho intramolecular Hbond substituents is 1. The normalized spacial score (nSPS) is 33.9. The lowest BCUT2D eigenvalue weighted by molar-refractivity contribution is -0.155. The maximum absolute atomic E-state index is 13.3. The van der Waals surface area contributed by atoms with Crippen molar-refractivity contribution in [2.75, 3.05) is 20.2 Å². The van der Waals surface area contributed by atoms with Crippen molar-refractivity contribution in [3.63, 3.8) is 0 Å². The number of carbonyl (C=O) groups excluding carboxylic acids is 2. The predicted molar refractivity (Wildman–Crippen MR) is 133 cm³/mol. The number of rotatable bonds is 6. The molecule has 3 fully saturated rings. The number of fused-ring (bicyclic) bond motifs is 1. The number of carbonyl (C=O) groups is 2. The molecule has 6 rings (SSSR count). The van der Waals surface area contributed by atoms with E-state index in [1.165, 1.54) is 26.9 Å². The van der Waals surface area contributed by atoms with E-state index in [2.05, 4.69) is 10.2 Å². The molecule has 4 N–H and O–H groups in total. The van der Waals surface area contributed by atoms with Gasteiger partial charge in [0, 0.05) is 18.2 Å². The summed E-state index contributed by atoms with van der Waals surface area (Å²) in [6.07, 6.45) is 4.21. The van der Waals surface area contributed by atoms with E-state index in [1.54, 1.807) is 13.0 Å². The number of phenols is 1. The molecule has 0 aromatic heterocycles. The molecule has 9 heteroatoms. The fourth-order valence-corrected chi connectivity index (χ4v) is 7.30. The minimum Gasteiger partial charge on any atom is -0.508 e. The number of ether oxygens (including phenoxy) is 2. The number of benzene rings is 1. The number of aliphatic hydroxyl groups is 2. The second-order valence-electron chi connectivity index (χ2n) is 11.9. The van der Waals surface area contributed by atoms with Crippen LogP contribution in [0.2, 0.25) is 0 Å². The molecule has 1 aromatic rings. The maximum atomic E-state index is 13.3. The van der Waals surface area contributed by atoms with Crippen molar-refractivity contribution in [2.45, 2.75) is 87.5 Å². The van der Waals surface area contributed by atoms with Gasteiger partial charge in [0.2, 0.25) is 0 Å². The van der Waals surface area contributed by atoms with Crippen LogP contribution in [0.1, 0.15) is 63.5 Å². The molecule has 37 heavy (non-hydrogen) atoms. The number of likely N-dealkylation sites (tertiary alicyclic amines) is 1. The number of methoxy groups -OCH3 is 1. The van der Waals surface area contributed by atoms with Crippen LogP contribution in [0, 0.1) is 5.92 Å². The Morgan fingerprint density at radius 2 is 1.97 bits per heavy atom. The Labute approximate surface area is 216 Å². The first-order valence-electron chi connectivity index (χ1n) is 13.3. The number of hydrogen-bond acceptors (Lipinski definition) is 8. The zero-order valence-electron chi connectivity index (χ0n) is 21.7. The fraction of sp³-hybridized carbons (Fsp3) is 0.643. The van der Waals surface area contributed by atoms with Gasteiger partial charge in [0.15, 0.2) is 17.6 Å². The van der Waals surface area contributed by atoms with Gasteiger partial charge in [0.25, 0.3) is 5.91 Å². The van der Waals surface area contributed by atoms with Crippen LogP contribution in [0.4, 0.5) is 0 Å². The standard InChI is InChI=1S/C28H36N2O7/c1-15(24(33)29-27(9-4-10-27)25(34)36-3)21(32)23-28-11-12-30(14-16-5-6-16)19(26(28,2)35)13-17-7-8-18(31)22(37-23)20(17)28/h7-8,16,19,23,31-32,35H,4-6,9-14H2,1-3H3,(H,29,33)/b21-15-/t19-,23+,26-,28+/m1/s1. The monoisotopic (exact) mass is 512 g/mol. The summed E-state index contributed by atoms with van der Waals surface area (Å²) in [5, 5.41) is 37.3.